The van der Waals surface area contributed by atoms with E-state index in [1.54, 1.807) is 0 Å². The van der Waals surface area contributed by atoms with Crippen molar-refractivity contribution in [1.82, 2.24) is 0 Å². The highest BCUT2D eigenvalue weighted by molar-refractivity contribution is 5.20. The molecule has 1 aromatic rings. The summed E-state index contributed by atoms with van der Waals surface area (Å²) in [6, 6.07) is 7.77. The van der Waals surface area contributed by atoms with Gasteiger partial charge in [-0.25, -0.2) is 5.21 Å². The van der Waals surface area contributed by atoms with Crippen LogP contribution in [0.5, 0.6) is 0 Å². The van der Waals surface area contributed by atoms with E-state index in [0.29, 0.717) is 0 Å². The van der Waals surface area contributed by atoms with Gasteiger partial charge < -0.3 is 4.84 Å². The zero-order valence-corrected chi connectivity index (χ0v) is 7.73. The van der Waals surface area contributed by atoms with Gasteiger partial charge in [0, 0.05) is 5.11 Å². The smallest absolute Gasteiger partial charge is 0.168 e. The van der Waals surface area contributed by atoms with Gasteiger partial charge >= 0.3 is 0 Å². The van der Waals surface area contributed by atoms with Crippen LogP contribution in [0.3, 0.4) is 0 Å². The summed E-state index contributed by atoms with van der Waals surface area (Å²) >= 11 is 0. The molecule has 0 heterocycles. The van der Waals surface area contributed by atoms with Gasteiger partial charge in [0.25, 0.3) is 0 Å². The fourth-order valence-electron chi connectivity index (χ4n) is 0.872. The molecule has 0 atom stereocenters. The topological polar surface area (TPSA) is 47.7 Å². The molecule has 4 heteroatoms. The van der Waals surface area contributed by atoms with Gasteiger partial charge in [-0.2, -0.15) is 0 Å². The molecule has 0 aliphatic carbocycles. The van der Waals surface area contributed by atoms with Crippen molar-refractivity contribution in [2.24, 2.45) is 5.11 Å². The van der Waals surface area contributed by atoms with Crippen molar-refractivity contribution in [3.63, 3.8) is 0 Å². The quantitative estimate of drug-likeness (QED) is 0.527. The molecule has 4 nitrogen and oxygen atoms in total. The average Bonchev–Trinajstić information content (AvgIpc) is 2.16. The molecule has 70 valence electrons. The van der Waals surface area contributed by atoms with Gasteiger partial charge in [-0.1, -0.05) is 29.8 Å². The van der Waals surface area contributed by atoms with Gasteiger partial charge in [-0.15, -0.1) is 0 Å². The molecule has 13 heavy (non-hydrogen) atoms. The monoisotopic (exact) mass is 180 g/mol. The highest BCUT2D eigenvalue weighted by Crippen LogP contribution is 2.04. The SMILES string of the molecule is CN=[N+]([O-])OCc1ccc(C)cc1. The van der Waals surface area contributed by atoms with E-state index in [4.69, 9.17) is 4.84 Å². The van der Waals surface area contributed by atoms with Crippen LogP contribution in [0.25, 0.3) is 0 Å². The summed E-state index contributed by atoms with van der Waals surface area (Å²) in [7, 11) is 1.38. The Morgan fingerprint density at radius 3 is 2.54 bits per heavy atom. The molecule has 0 unspecified atom stereocenters. The highest BCUT2D eigenvalue weighted by atomic mass is 16.9. The summed E-state index contributed by atoms with van der Waals surface area (Å²) in [5, 5.41) is 14.1. The Bertz CT molecular complexity index is 293. The zero-order valence-electron chi connectivity index (χ0n) is 7.73. The maximum absolute atomic E-state index is 10.6. The fraction of sp³-hybridized carbons (Fsp3) is 0.333. The predicted octanol–water partition coefficient (Wildman–Crippen LogP) is 2.02. The lowest BCUT2D eigenvalue weighted by Gasteiger charge is -2.03. The van der Waals surface area contributed by atoms with E-state index >= 15 is 0 Å². The molecule has 0 saturated heterocycles. The zero-order chi connectivity index (χ0) is 9.68. The van der Waals surface area contributed by atoms with E-state index < -0.39 is 0 Å². The van der Waals surface area contributed by atoms with Crippen molar-refractivity contribution >= 4 is 0 Å². The number of nitrogens with zero attached hydrogens (tertiary/aromatic N) is 2. The second-order valence-electron chi connectivity index (χ2n) is 2.70. The molecule has 0 spiro atoms. The van der Waals surface area contributed by atoms with Gasteiger partial charge in [0.1, 0.15) is 0 Å². The van der Waals surface area contributed by atoms with Crippen molar-refractivity contribution < 1.29 is 9.86 Å². The number of rotatable bonds is 3. The maximum Gasteiger partial charge on any atom is 0.168 e. The predicted molar refractivity (Wildman–Crippen MR) is 47.9 cm³/mol. The standard InChI is InChI=1S/C9H12N2O2/c1-8-3-5-9(6-4-8)7-13-11(12)10-2/h3-6H,7H2,1-2H3. The second kappa shape index (κ2) is 4.45. The first-order valence-corrected chi connectivity index (χ1v) is 3.98. The van der Waals surface area contributed by atoms with Crippen LogP contribution in [0.15, 0.2) is 29.4 Å². The number of aryl methyl sites for hydroxylation is 1. The van der Waals surface area contributed by atoms with E-state index in [0.717, 1.165) is 5.56 Å². The van der Waals surface area contributed by atoms with E-state index in [9.17, 15) is 5.21 Å². The van der Waals surface area contributed by atoms with Crippen molar-refractivity contribution in [2.45, 2.75) is 13.5 Å². The first-order chi connectivity index (χ1) is 6.22. The minimum atomic E-state index is 0.208. The molecular formula is C9H12N2O2. The van der Waals surface area contributed by atoms with Crippen molar-refractivity contribution in [3.8, 4) is 0 Å². The molecule has 0 aliphatic heterocycles. The number of hydrogen-bond donors (Lipinski definition) is 0. The molecule has 0 N–H and O–H groups in total. The number of benzene rings is 1. The van der Waals surface area contributed by atoms with Crippen molar-refractivity contribution in [1.29, 1.82) is 0 Å². The maximum atomic E-state index is 10.6. The summed E-state index contributed by atoms with van der Waals surface area (Å²) in [4.78, 5) is 4.73. The van der Waals surface area contributed by atoms with E-state index in [1.165, 1.54) is 12.6 Å². The molecule has 1 aromatic carbocycles. The van der Waals surface area contributed by atoms with Gasteiger partial charge in [0.15, 0.2) is 5.02 Å². The first kappa shape index (κ1) is 9.51. The van der Waals surface area contributed by atoms with E-state index in [2.05, 4.69) is 5.11 Å². The van der Waals surface area contributed by atoms with Crippen LogP contribution in [0.2, 0.25) is 0 Å². The fourth-order valence-corrected chi connectivity index (χ4v) is 0.872. The third kappa shape index (κ3) is 3.11. The molecule has 0 bridgehead atoms. The summed E-state index contributed by atoms with van der Waals surface area (Å²) in [5.41, 5.74) is 2.14. The molecule has 0 saturated carbocycles. The highest BCUT2D eigenvalue weighted by Gasteiger charge is 1.93. The second-order valence-corrected chi connectivity index (χ2v) is 2.70. The van der Waals surface area contributed by atoms with Gasteiger partial charge in [-0.3, -0.25) is 0 Å². The molecule has 0 aromatic heterocycles. The van der Waals surface area contributed by atoms with Gasteiger partial charge in [-0.05, 0) is 12.5 Å². The normalized spacial score (nSPS) is 11.4. The Morgan fingerprint density at radius 2 is 2.00 bits per heavy atom. The Labute approximate surface area is 77.0 Å². The van der Waals surface area contributed by atoms with Crippen LogP contribution in [-0.4, -0.2) is 12.1 Å². The molecular weight excluding hydrogens is 168 g/mol. The van der Waals surface area contributed by atoms with Crippen LogP contribution in [-0.2, 0) is 11.4 Å². The lowest BCUT2D eigenvalue weighted by atomic mass is 10.2. The van der Waals surface area contributed by atoms with Gasteiger partial charge in [0.2, 0.25) is 0 Å². The van der Waals surface area contributed by atoms with E-state index in [-0.39, 0.29) is 11.6 Å². The summed E-state index contributed by atoms with van der Waals surface area (Å²) in [6.45, 7) is 2.26. The summed E-state index contributed by atoms with van der Waals surface area (Å²) < 4.78 is 0. The minimum absolute atomic E-state index is 0.208. The van der Waals surface area contributed by atoms with Crippen LogP contribution in [0.1, 0.15) is 11.1 Å². The van der Waals surface area contributed by atoms with Crippen LogP contribution in [0, 0.1) is 12.1 Å². The molecule has 0 amide bonds. The van der Waals surface area contributed by atoms with Crippen LogP contribution in [0.4, 0.5) is 0 Å². The Kier molecular flexibility index (Phi) is 3.25. The lowest BCUT2D eigenvalue weighted by Crippen LogP contribution is -2.01. The Hall–Kier alpha value is -1.58. The molecule has 0 fully saturated rings. The summed E-state index contributed by atoms with van der Waals surface area (Å²) in [5.74, 6) is 0. The minimum Gasteiger partial charge on any atom is -0.376 e. The largest absolute Gasteiger partial charge is 0.376 e. The average molecular weight is 180 g/mol. The summed E-state index contributed by atoms with van der Waals surface area (Å²) in [6.07, 6.45) is 0. The molecule has 0 radical (unpaired) electrons. The third-order valence-corrected chi connectivity index (χ3v) is 1.63. The van der Waals surface area contributed by atoms with Crippen LogP contribution >= 0.6 is 0 Å². The van der Waals surface area contributed by atoms with Crippen LogP contribution < -0.4 is 0 Å². The van der Waals surface area contributed by atoms with Crippen molar-refractivity contribution in [2.75, 3.05) is 7.05 Å². The Morgan fingerprint density at radius 1 is 1.38 bits per heavy atom. The lowest BCUT2D eigenvalue weighted by molar-refractivity contribution is -0.794. The molecule has 0 aliphatic rings. The van der Waals surface area contributed by atoms with E-state index in [1.807, 2.05) is 31.2 Å². The third-order valence-electron chi connectivity index (χ3n) is 1.63. The molecule has 1 rings (SSSR count). The Balaban J connectivity index is 2.51. The van der Waals surface area contributed by atoms with Gasteiger partial charge in [0.05, 0.1) is 13.7 Å². The van der Waals surface area contributed by atoms with Crippen molar-refractivity contribution in [3.05, 3.63) is 40.6 Å². The first-order valence-electron chi connectivity index (χ1n) is 3.98. The number of hydrogen-bond acceptors (Lipinski definition) is 3.